The van der Waals surface area contributed by atoms with Gasteiger partial charge in [0, 0.05) is 24.8 Å². The number of aliphatic hydroxyl groups excluding tert-OH is 1. The molecule has 180 valence electrons. The quantitative estimate of drug-likeness (QED) is 0.334. The maximum atomic E-state index is 13.2. The minimum Gasteiger partial charge on any atom is -0.387 e. The third-order valence-electron chi connectivity index (χ3n) is 4.95. The zero-order chi connectivity index (χ0) is 25.1. The van der Waals surface area contributed by atoms with Crippen LogP contribution in [0.25, 0.3) is 11.1 Å². The Balaban J connectivity index is 2.04. The Morgan fingerprint density at radius 3 is 2.03 bits per heavy atom. The van der Waals surface area contributed by atoms with Crippen LogP contribution in [0.15, 0.2) is 60.8 Å². The Morgan fingerprint density at radius 2 is 1.50 bits per heavy atom. The summed E-state index contributed by atoms with van der Waals surface area (Å²) in [5.74, 6) is -0.912. The van der Waals surface area contributed by atoms with Crippen molar-refractivity contribution in [1.82, 2.24) is 9.88 Å². The molecule has 0 fully saturated rings. The fraction of sp³-hybridized carbons (Fsp3) is 0.217. The Hall–Kier alpha value is -3.11. The molecule has 0 unspecified atom stereocenters. The van der Waals surface area contributed by atoms with Gasteiger partial charge in [-0.3, -0.25) is 4.79 Å². The summed E-state index contributed by atoms with van der Waals surface area (Å²) in [5, 5.41) is 9.38. The maximum Gasteiger partial charge on any atom is 0.416 e. The number of hydrogen-bond acceptors (Lipinski definition) is 3. The largest absolute Gasteiger partial charge is 0.416 e. The molecule has 0 saturated heterocycles. The van der Waals surface area contributed by atoms with Crippen molar-refractivity contribution >= 4 is 17.5 Å². The van der Waals surface area contributed by atoms with Crippen molar-refractivity contribution in [2.75, 3.05) is 6.61 Å². The van der Waals surface area contributed by atoms with E-state index in [9.17, 15) is 36.2 Å². The summed E-state index contributed by atoms with van der Waals surface area (Å²) >= 11 is 6.24. The SMILES string of the molecule is O=C(CO)N(Cc1cc(C(F)(F)F)cc(C(F)(F)F)c1)Cc1c(-c2ccccc2)ccnc1Cl. The lowest BCUT2D eigenvalue weighted by atomic mass is 10.0. The van der Waals surface area contributed by atoms with Crippen LogP contribution in [0, 0.1) is 0 Å². The molecule has 34 heavy (non-hydrogen) atoms. The number of aromatic nitrogens is 1. The summed E-state index contributed by atoms with van der Waals surface area (Å²) in [6.07, 6.45) is -8.64. The zero-order valence-electron chi connectivity index (χ0n) is 17.3. The van der Waals surface area contributed by atoms with Crippen LogP contribution >= 0.6 is 11.6 Å². The van der Waals surface area contributed by atoms with Gasteiger partial charge in [0.2, 0.25) is 5.91 Å². The van der Waals surface area contributed by atoms with Crippen molar-refractivity contribution < 1.29 is 36.2 Å². The van der Waals surface area contributed by atoms with Gasteiger partial charge in [0.1, 0.15) is 11.8 Å². The summed E-state index contributed by atoms with van der Waals surface area (Å²) in [7, 11) is 0. The van der Waals surface area contributed by atoms with Crippen LogP contribution in [-0.4, -0.2) is 27.5 Å². The number of pyridine rings is 1. The van der Waals surface area contributed by atoms with Crippen LogP contribution < -0.4 is 0 Å². The highest BCUT2D eigenvalue weighted by Crippen LogP contribution is 2.37. The van der Waals surface area contributed by atoms with Crippen LogP contribution in [0.5, 0.6) is 0 Å². The first-order valence-corrected chi connectivity index (χ1v) is 10.1. The topological polar surface area (TPSA) is 53.4 Å². The Bertz CT molecular complexity index is 1130. The standard InChI is InChI=1S/C23H17ClF6N2O2/c24-21-19(18(6-7-31-21)15-4-2-1-3-5-15)12-32(20(34)13-33)11-14-8-16(22(25,26)27)10-17(9-14)23(28,29)30/h1-10,33H,11-13H2. The van der Waals surface area contributed by atoms with E-state index in [0.29, 0.717) is 28.8 Å². The maximum absolute atomic E-state index is 13.2. The molecule has 3 aromatic rings. The molecule has 0 atom stereocenters. The van der Waals surface area contributed by atoms with E-state index < -0.39 is 48.1 Å². The number of alkyl halides is 6. The highest BCUT2D eigenvalue weighted by molar-refractivity contribution is 6.30. The van der Waals surface area contributed by atoms with Crippen molar-refractivity contribution in [3.05, 3.63) is 88.2 Å². The highest BCUT2D eigenvalue weighted by Gasteiger charge is 2.37. The molecule has 11 heteroatoms. The van der Waals surface area contributed by atoms with Crippen LogP contribution in [0.4, 0.5) is 26.3 Å². The number of aliphatic hydroxyl groups is 1. The minimum absolute atomic E-state index is 0.00267. The van der Waals surface area contributed by atoms with Crippen molar-refractivity contribution in [3.63, 3.8) is 0 Å². The molecule has 0 spiro atoms. The van der Waals surface area contributed by atoms with Crippen molar-refractivity contribution in [2.24, 2.45) is 0 Å². The molecule has 1 aromatic heterocycles. The number of carbonyl (C=O) groups is 1. The third-order valence-corrected chi connectivity index (χ3v) is 5.27. The lowest BCUT2D eigenvalue weighted by Gasteiger charge is -2.25. The number of nitrogens with zero attached hydrogens (tertiary/aromatic N) is 2. The molecule has 0 saturated carbocycles. The van der Waals surface area contributed by atoms with E-state index in [-0.39, 0.29) is 17.8 Å². The van der Waals surface area contributed by atoms with E-state index in [2.05, 4.69) is 4.98 Å². The van der Waals surface area contributed by atoms with E-state index >= 15 is 0 Å². The van der Waals surface area contributed by atoms with Gasteiger partial charge in [-0.05, 0) is 41.0 Å². The summed E-state index contributed by atoms with van der Waals surface area (Å²) in [5.41, 5.74) is -1.82. The molecule has 1 N–H and O–H groups in total. The third kappa shape index (κ3) is 6.06. The van der Waals surface area contributed by atoms with Gasteiger partial charge in [-0.25, -0.2) is 4.98 Å². The lowest BCUT2D eigenvalue weighted by Crippen LogP contribution is -2.33. The monoisotopic (exact) mass is 502 g/mol. The molecule has 1 heterocycles. The Labute approximate surface area is 195 Å². The Kier molecular flexibility index (Phi) is 7.52. The molecule has 4 nitrogen and oxygen atoms in total. The fourth-order valence-corrected chi connectivity index (χ4v) is 3.58. The second-order valence-electron chi connectivity index (χ2n) is 7.32. The predicted molar refractivity (Wildman–Crippen MR) is 112 cm³/mol. The summed E-state index contributed by atoms with van der Waals surface area (Å²) in [6.45, 7) is -1.95. The van der Waals surface area contributed by atoms with Gasteiger partial charge >= 0.3 is 12.4 Å². The molecular formula is C23H17ClF6N2O2. The molecule has 0 aliphatic carbocycles. The highest BCUT2D eigenvalue weighted by atomic mass is 35.5. The smallest absolute Gasteiger partial charge is 0.387 e. The second kappa shape index (κ2) is 10.0. The van der Waals surface area contributed by atoms with E-state index in [0.717, 1.165) is 4.90 Å². The number of rotatable bonds is 6. The van der Waals surface area contributed by atoms with Gasteiger partial charge in [0.25, 0.3) is 0 Å². The first-order chi connectivity index (χ1) is 15.9. The van der Waals surface area contributed by atoms with Crippen molar-refractivity contribution in [2.45, 2.75) is 25.4 Å². The van der Waals surface area contributed by atoms with Gasteiger partial charge in [0.05, 0.1) is 11.1 Å². The fourth-order valence-electron chi connectivity index (χ4n) is 3.36. The zero-order valence-corrected chi connectivity index (χ0v) is 18.0. The van der Waals surface area contributed by atoms with E-state index in [1.807, 2.05) is 0 Å². The van der Waals surface area contributed by atoms with Gasteiger partial charge in [-0.15, -0.1) is 0 Å². The van der Waals surface area contributed by atoms with Crippen molar-refractivity contribution in [1.29, 1.82) is 0 Å². The first-order valence-electron chi connectivity index (χ1n) is 9.76. The summed E-state index contributed by atoms with van der Waals surface area (Å²) < 4.78 is 79.4. The number of hydrogen-bond donors (Lipinski definition) is 1. The number of amides is 1. The number of carbonyl (C=O) groups excluding carboxylic acids is 1. The van der Waals surface area contributed by atoms with Gasteiger partial charge in [-0.2, -0.15) is 26.3 Å². The van der Waals surface area contributed by atoms with Crippen LogP contribution in [-0.2, 0) is 30.2 Å². The lowest BCUT2D eigenvalue weighted by molar-refractivity contribution is -0.143. The summed E-state index contributed by atoms with van der Waals surface area (Å²) in [6, 6.07) is 11.5. The predicted octanol–water partition coefficient (Wildman–Crippen LogP) is 5.96. The van der Waals surface area contributed by atoms with Gasteiger partial charge < -0.3 is 10.0 Å². The average Bonchev–Trinajstić information content (AvgIpc) is 2.78. The molecule has 0 radical (unpaired) electrons. The average molecular weight is 503 g/mol. The minimum atomic E-state index is -5.03. The van der Waals surface area contributed by atoms with E-state index in [1.54, 1.807) is 36.4 Å². The molecule has 1 amide bonds. The first kappa shape index (κ1) is 25.5. The van der Waals surface area contributed by atoms with Gasteiger partial charge in [-0.1, -0.05) is 41.9 Å². The summed E-state index contributed by atoms with van der Waals surface area (Å²) in [4.78, 5) is 17.3. The molecule has 0 aliphatic rings. The Morgan fingerprint density at radius 1 is 0.912 bits per heavy atom. The van der Waals surface area contributed by atoms with Crippen molar-refractivity contribution in [3.8, 4) is 11.1 Å². The molecule has 0 bridgehead atoms. The molecule has 3 rings (SSSR count). The van der Waals surface area contributed by atoms with Crippen LogP contribution in [0.1, 0.15) is 22.3 Å². The van der Waals surface area contributed by atoms with Crippen LogP contribution in [0.3, 0.4) is 0 Å². The molecule has 0 aliphatic heterocycles. The normalized spacial score (nSPS) is 12.0. The van der Waals surface area contributed by atoms with E-state index in [1.165, 1.54) is 6.20 Å². The van der Waals surface area contributed by atoms with Crippen LogP contribution in [0.2, 0.25) is 5.15 Å². The second-order valence-corrected chi connectivity index (χ2v) is 7.67. The van der Waals surface area contributed by atoms with Gasteiger partial charge in [0.15, 0.2) is 0 Å². The number of halogens is 7. The number of benzene rings is 2. The van der Waals surface area contributed by atoms with E-state index in [4.69, 9.17) is 11.6 Å². The molecular weight excluding hydrogens is 486 g/mol. The molecule has 2 aromatic carbocycles.